The zero-order chi connectivity index (χ0) is 14.5. The molecule has 1 nitrogen and oxygen atoms in total. The Balaban J connectivity index is 1.81. The monoisotopic (exact) mass is 294 g/mol. The summed E-state index contributed by atoms with van der Waals surface area (Å²) in [5, 5.41) is 0.739. The third kappa shape index (κ3) is 3.45. The van der Waals surface area contributed by atoms with Crippen LogP contribution in [0.1, 0.15) is 5.56 Å². The van der Waals surface area contributed by atoms with E-state index < -0.39 is 0 Å². The SMILES string of the molecule is Clc1ccc(COc2ccccc2-c2ccccc2)cc1. The third-order valence-electron chi connectivity index (χ3n) is 3.28. The van der Waals surface area contributed by atoms with Crippen LogP contribution in [-0.2, 0) is 6.61 Å². The van der Waals surface area contributed by atoms with E-state index in [1.807, 2.05) is 60.7 Å². The van der Waals surface area contributed by atoms with Gasteiger partial charge in [-0.1, -0.05) is 72.3 Å². The second-order valence-electron chi connectivity index (χ2n) is 4.78. The summed E-state index contributed by atoms with van der Waals surface area (Å²) in [4.78, 5) is 0. The topological polar surface area (TPSA) is 9.23 Å². The smallest absolute Gasteiger partial charge is 0.127 e. The lowest BCUT2D eigenvalue weighted by Gasteiger charge is -2.11. The Morgan fingerprint density at radius 1 is 0.714 bits per heavy atom. The second-order valence-corrected chi connectivity index (χ2v) is 5.21. The zero-order valence-electron chi connectivity index (χ0n) is 11.5. The van der Waals surface area contributed by atoms with E-state index in [0.29, 0.717) is 6.61 Å². The van der Waals surface area contributed by atoms with Crippen LogP contribution in [-0.4, -0.2) is 0 Å². The van der Waals surface area contributed by atoms with Crippen molar-refractivity contribution < 1.29 is 4.74 Å². The first-order chi connectivity index (χ1) is 10.3. The minimum absolute atomic E-state index is 0.529. The van der Waals surface area contributed by atoms with E-state index in [4.69, 9.17) is 16.3 Å². The van der Waals surface area contributed by atoms with Crippen molar-refractivity contribution in [3.05, 3.63) is 89.4 Å². The van der Waals surface area contributed by atoms with Crippen molar-refractivity contribution in [2.45, 2.75) is 6.61 Å². The average molecular weight is 295 g/mol. The van der Waals surface area contributed by atoms with Crippen LogP contribution in [0.2, 0.25) is 5.02 Å². The third-order valence-corrected chi connectivity index (χ3v) is 3.53. The van der Waals surface area contributed by atoms with Gasteiger partial charge in [-0.2, -0.15) is 0 Å². The Morgan fingerprint density at radius 2 is 1.38 bits per heavy atom. The van der Waals surface area contributed by atoms with Crippen molar-refractivity contribution >= 4 is 11.6 Å². The molecule has 0 aliphatic heterocycles. The van der Waals surface area contributed by atoms with Gasteiger partial charge in [0.15, 0.2) is 0 Å². The van der Waals surface area contributed by atoms with Crippen molar-refractivity contribution in [2.24, 2.45) is 0 Å². The molecule has 0 heterocycles. The molecule has 104 valence electrons. The van der Waals surface area contributed by atoms with Crippen molar-refractivity contribution in [3.8, 4) is 16.9 Å². The maximum Gasteiger partial charge on any atom is 0.127 e. The van der Waals surface area contributed by atoms with E-state index in [9.17, 15) is 0 Å². The highest BCUT2D eigenvalue weighted by molar-refractivity contribution is 6.30. The summed E-state index contributed by atoms with van der Waals surface area (Å²) in [6.45, 7) is 0.529. The maximum atomic E-state index is 5.97. The average Bonchev–Trinajstić information content (AvgIpc) is 2.55. The fourth-order valence-corrected chi connectivity index (χ4v) is 2.32. The normalized spacial score (nSPS) is 10.3. The van der Waals surface area contributed by atoms with Gasteiger partial charge in [0, 0.05) is 10.6 Å². The molecular formula is C19H15ClO. The molecule has 0 unspecified atom stereocenters. The van der Waals surface area contributed by atoms with Crippen LogP contribution in [0.4, 0.5) is 0 Å². The van der Waals surface area contributed by atoms with Gasteiger partial charge in [0.25, 0.3) is 0 Å². The van der Waals surface area contributed by atoms with E-state index in [1.54, 1.807) is 0 Å². The molecule has 0 fully saturated rings. The van der Waals surface area contributed by atoms with Gasteiger partial charge in [-0.3, -0.25) is 0 Å². The molecule has 0 aliphatic carbocycles. The molecule has 0 bridgehead atoms. The summed E-state index contributed by atoms with van der Waals surface area (Å²) in [5.74, 6) is 0.888. The molecule has 0 aliphatic rings. The standard InChI is InChI=1S/C19H15ClO/c20-17-12-10-15(11-13-17)14-21-19-9-5-4-8-18(19)16-6-2-1-3-7-16/h1-13H,14H2. The van der Waals surface area contributed by atoms with Gasteiger partial charge < -0.3 is 4.74 Å². The summed E-state index contributed by atoms with van der Waals surface area (Å²) in [7, 11) is 0. The van der Waals surface area contributed by atoms with Gasteiger partial charge in [-0.25, -0.2) is 0 Å². The predicted octanol–water partition coefficient (Wildman–Crippen LogP) is 5.59. The van der Waals surface area contributed by atoms with Crippen LogP contribution >= 0.6 is 11.6 Å². The van der Waals surface area contributed by atoms with E-state index >= 15 is 0 Å². The molecule has 0 N–H and O–H groups in total. The Labute approximate surface area is 129 Å². The summed E-state index contributed by atoms with van der Waals surface area (Å²) >= 11 is 5.89. The van der Waals surface area contributed by atoms with Gasteiger partial charge in [0.1, 0.15) is 12.4 Å². The maximum absolute atomic E-state index is 5.97. The molecule has 3 aromatic rings. The Kier molecular flexibility index (Phi) is 4.23. The Bertz CT molecular complexity index is 705. The number of hydrogen-bond acceptors (Lipinski definition) is 1. The fourth-order valence-electron chi connectivity index (χ4n) is 2.19. The largest absolute Gasteiger partial charge is 0.488 e. The first-order valence-corrected chi connectivity index (χ1v) is 7.22. The van der Waals surface area contributed by atoms with Crippen molar-refractivity contribution in [2.75, 3.05) is 0 Å². The highest BCUT2D eigenvalue weighted by atomic mass is 35.5. The highest BCUT2D eigenvalue weighted by Crippen LogP contribution is 2.30. The number of halogens is 1. The van der Waals surface area contributed by atoms with E-state index in [-0.39, 0.29) is 0 Å². The summed E-state index contributed by atoms with van der Waals surface area (Å²) in [5.41, 5.74) is 3.36. The molecule has 0 spiro atoms. The lowest BCUT2D eigenvalue weighted by molar-refractivity contribution is 0.307. The van der Waals surface area contributed by atoms with Crippen LogP contribution in [0.25, 0.3) is 11.1 Å². The van der Waals surface area contributed by atoms with Gasteiger partial charge >= 0.3 is 0 Å². The van der Waals surface area contributed by atoms with Crippen LogP contribution in [0.5, 0.6) is 5.75 Å². The molecule has 0 saturated carbocycles. The molecule has 3 aromatic carbocycles. The molecule has 0 atom stereocenters. The minimum Gasteiger partial charge on any atom is -0.488 e. The van der Waals surface area contributed by atoms with E-state index in [2.05, 4.69) is 18.2 Å². The minimum atomic E-state index is 0.529. The fraction of sp³-hybridized carbons (Fsp3) is 0.0526. The second kappa shape index (κ2) is 6.47. The zero-order valence-corrected chi connectivity index (χ0v) is 12.3. The Morgan fingerprint density at radius 3 is 2.14 bits per heavy atom. The van der Waals surface area contributed by atoms with Crippen LogP contribution in [0, 0.1) is 0 Å². The molecule has 3 rings (SSSR count). The van der Waals surface area contributed by atoms with Crippen molar-refractivity contribution in [1.82, 2.24) is 0 Å². The molecule has 0 radical (unpaired) electrons. The molecule has 2 heteroatoms. The number of para-hydroxylation sites is 1. The van der Waals surface area contributed by atoms with Crippen LogP contribution in [0.15, 0.2) is 78.9 Å². The predicted molar refractivity (Wildman–Crippen MR) is 87.7 cm³/mol. The number of hydrogen-bond donors (Lipinski definition) is 0. The lowest BCUT2D eigenvalue weighted by Crippen LogP contribution is -1.96. The number of rotatable bonds is 4. The number of benzene rings is 3. The quantitative estimate of drug-likeness (QED) is 0.610. The van der Waals surface area contributed by atoms with Gasteiger partial charge in [-0.05, 0) is 29.3 Å². The van der Waals surface area contributed by atoms with Crippen molar-refractivity contribution in [3.63, 3.8) is 0 Å². The van der Waals surface area contributed by atoms with Crippen molar-refractivity contribution in [1.29, 1.82) is 0 Å². The van der Waals surface area contributed by atoms with E-state index in [0.717, 1.165) is 27.5 Å². The molecule has 0 saturated heterocycles. The van der Waals surface area contributed by atoms with E-state index in [1.165, 1.54) is 0 Å². The lowest BCUT2D eigenvalue weighted by atomic mass is 10.1. The highest BCUT2D eigenvalue weighted by Gasteiger charge is 2.05. The molecule has 0 aromatic heterocycles. The summed E-state index contributed by atoms with van der Waals surface area (Å²) in [6, 6.07) is 26.1. The molecule has 0 amide bonds. The van der Waals surface area contributed by atoms with Gasteiger partial charge in [-0.15, -0.1) is 0 Å². The Hall–Kier alpha value is -2.25. The van der Waals surface area contributed by atoms with Crippen LogP contribution in [0.3, 0.4) is 0 Å². The number of ether oxygens (including phenoxy) is 1. The van der Waals surface area contributed by atoms with Gasteiger partial charge in [0.2, 0.25) is 0 Å². The van der Waals surface area contributed by atoms with Gasteiger partial charge in [0.05, 0.1) is 0 Å². The van der Waals surface area contributed by atoms with Crippen LogP contribution < -0.4 is 4.74 Å². The molecular weight excluding hydrogens is 280 g/mol. The summed E-state index contributed by atoms with van der Waals surface area (Å²) in [6.07, 6.45) is 0. The summed E-state index contributed by atoms with van der Waals surface area (Å²) < 4.78 is 5.97. The first-order valence-electron chi connectivity index (χ1n) is 6.84. The molecule has 21 heavy (non-hydrogen) atoms. The first kappa shape index (κ1) is 13.7.